The summed E-state index contributed by atoms with van der Waals surface area (Å²) in [7, 11) is -3.24. The number of carbonyl (C=O) groups excluding carboxylic acids is 1. The first-order chi connectivity index (χ1) is 10.3. The average molecular weight is 333 g/mol. The molecule has 0 radical (unpaired) electrons. The molecule has 1 N–H and O–H groups in total. The Morgan fingerprint density at radius 3 is 2.23 bits per heavy atom. The van der Waals surface area contributed by atoms with Crippen molar-refractivity contribution in [3.8, 4) is 0 Å². The molecule has 0 aromatic heterocycles. The maximum Gasteiger partial charge on any atom is 0.221 e. The minimum absolute atomic E-state index is 0.0231. The van der Waals surface area contributed by atoms with Gasteiger partial charge in [0.25, 0.3) is 0 Å². The van der Waals surface area contributed by atoms with Crippen molar-refractivity contribution in [1.29, 1.82) is 0 Å². The molecule has 22 heavy (non-hydrogen) atoms. The second-order valence-corrected chi connectivity index (χ2v) is 8.83. The van der Waals surface area contributed by atoms with E-state index < -0.39 is 10.0 Å². The Morgan fingerprint density at radius 2 is 1.73 bits per heavy atom. The smallest absolute Gasteiger partial charge is 0.221 e. The zero-order valence-corrected chi connectivity index (χ0v) is 15.1. The van der Waals surface area contributed by atoms with Crippen LogP contribution in [0.3, 0.4) is 0 Å². The quantitative estimate of drug-likeness (QED) is 0.695. The van der Waals surface area contributed by atoms with Crippen LogP contribution in [0.4, 0.5) is 0 Å². The van der Waals surface area contributed by atoms with E-state index in [0.717, 1.165) is 19.3 Å². The van der Waals surface area contributed by atoms with Crippen LogP contribution in [0.15, 0.2) is 0 Å². The van der Waals surface area contributed by atoms with Gasteiger partial charge in [0.05, 0.1) is 6.26 Å². The molecule has 1 saturated carbocycles. The molecule has 130 valence electrons. The van der Waals surface area contributed by atoms with Gasteiger partial charge in [0.1, 0.15) is 0 Å². The fourth-order valence-corrected chi connectivity index (χ4v) is 3.66. The van der Waals surface area contributed by atoms with E-state index in [1.807, 2.05) is 0 Å². The molecule has 0 heterocycles. The molecule has 0 saturated heterocycles. The van der Waals surface area contributed by atoms with Crippen molar-refractivity contribution in [1.82, 2.24) is 9.62 Å². The van der Waals surface area contributed by atoms with Gasteiger partial charge in [-0.3, -0.25) is 4.79 Å². The van der Waals surface area contributed by atoms with Crippen LogP contribution in [0.1, 0.15) is 65.2 Å². The Kier molecular flexibility index (Phi) is 8.39. The molecule has 0 aromatic rings. The van der Waals surface area contributed by atoms with Crippen molar-refractivity contribution < 1.29 is 13.2 Å². The first-order valence-electron chi connectivity index (χ1n) is 8.53. The topological polar surface area (TPSA) is 66.5 Å². The van der Waals surface area contributed by atoms with Gasteiger partial charge in [-0.2, -0.15) is 0 Å². The predicted molar refractivity (Wildman–Crippen MR) is 90.1 cm³/mol. The predicted octanol–water partition coefficient (Wildman–Crippen LogP) is 2.52. The molecule has 0 atom stereocenters. The van der Waals surface area contributed by atoms with E-state index in [1.165, 1.54) is 36.2 Å². The summed E-state index contributed by atoms with van der Waals surface area (Å²) < 4.78 is 25.0. The molecular formula is C16H32N2O3S. The SMILES string of the molecule is CC(C)CCN(CCC(=O)NC1CCCCCC1)S(C)(=O)=O. The van der Waals surface area contributed by atoms with Crippen LogP contribution >= 0.6 is 0 Å². The zero-order chi connectivity index (χ0) is 16.6. The monoisotopic (exact) mass is 332 g/mol. The molecule has 0 unspecified atom stereocenters. The van der Waals surface area contributed by atoms with E-state index in [4.69, 9.17) is 0 Å². The average Bonchev–Trinajstić information content (AvgIpc) is 2.65. The highest BCUT2D eigenvalue weighted by atomic mass is 32.2. The van der Waals surface area contributed by atoms with Crippen molar-refractivity contribution in [2.75, 3.05) is 19.3 Å². The van der Waals surface area contributed by atoms with E-state index in [2.05, 4.69) is 19.2 Å². The van der Waals surface area contributed by atoms with E-state index in [0.29, 0.717) is 12.5 Å². The van der Waals surface area contributed by atoms with Crippen LogP contribution in [0.2, 0.25) is 0 Å². The summed E-state index contributed by atoms with van der Waals surface area (Å²) in [5.74, 6) is 0.425. The molecule has 1 aliphatic carbocycles. The number of rotatable bonds is 8. The lowest BCUT2D eigenvalue weighted by Crippen LogP contribution is -2.38. The van der Waals surface area contributed by atoms with Crippen LogP contribution in [-0.4, -0.2) is 44.0 Å². The van der Waals surface area contributed by atoms with Crippen molar-refractivity contribution >= 4 is 15.9 Å². The summed E-state index contributed by atoms with van der Waals surface area (Å²) in [6.07, 6.45) is 9.25. The molecule has 0 aliphatic heterocycles. The second kappa shape index (κ2) is 9.50. The Bertz CT molecular complexity index is 427. The number of nitrogens with one attached hydrogen (secondary N) is 1. The third-order valence-electron chi connectivity index (χ3n) is 4.23. The number of hydrogen-bond donors (Lipinski definition) is 1. The van der Waals surface area contributed by atoms with Gasteiger partial charge in [0.15, 0.2) is 0 Å². The zero-order valence-electron chi connectivity index (χ0n) is 14.3. The molecular weight excluding hydrogens is 300 g/mol. The van der Waals surface area contributed by atoms with Gasteiger partial charge >= 0.3 is 0 Å². The van der Waals surface area contributed by atoms with E-state index in [9.17, 15) is 13.2 Å². The van der Waals surface area contributed by atoms with Gasteiger partial charge in [0, 0.05) is 25.6 Å². The van der Waals surface area contributed by atoms with Crippen LogP contribution < -0.4 is 5.32 Å². The summed E-state index contributed by atoms with van der Waals surface area (Å²) in [6.45, 7) is 4.91. The molecule has 1 aliphatic rings. The Labute approximate surface area is 135 Å². The summed E-state index contributed by atoms with van der Waals surface area (Å²) in [4.78, 5) is 12.1. The highest BCUT2D eigenvalue weighted by Gasteiger charge is 2.19. The van der Waals surface area contributed by atoms with Crippen molar-refractivity contribution in [3.63, 3.8) is 0 Å². The lowest BCUT2D eigenvalue weighted by atomic mass is 10.1. The summed E-state index contributed by atoms with van der Waals surface area (Å²) >= 11 is 0. The van der Waals surface area contributed by atoms with Gasteiger partial charge in [-0.05, 0) is 25.2 Å². The summed E-state index contributed by atoms with van der Waals surface area (Å²) in [6, 6.07) is 0.275. The molecule has 1 amide bonds. The van der Waals surface area contributed by atoms with Crippen LogP contribution in [0.25, 0.3) is 0 Å². The lowest BCUT2D eigenvalue weighted by Gasteiger charge is -2.22. The number of carbonyl (C=O) groups is 1. The van der Waals surface area contributed by atoms with Crippen LogP contribution in [0, 0.1) is 5.92 Å². The van der Waals surface area contributed by atoms with E-state index in [-0.39, 0.29) is 24.9 Å². The van der Waals surface area contributed by atoms with Gasteiger partial charge in [-0.15, -0.1) is 0 Å². The molecule has 0 spiro atoms. The fraction of sp³-hybridized carbons (Fsp3) is 0.938. The van der Waals surface area contributed by atoms with Crippen molar-refractivity contribution in [2.24, 2.45) is 5.92 Å². The number of hydrogen-bond acceptors (Lipinski definition) is 3. The normalized spacial score (nSPS) is 17.7. The minimum atomic E-state index is -3.24. The van der Waals surface area contributed by atoms with Crippen LogP contribution in [-0.2, 0) is 14.8 Å². The first-order valence-corrected chi connectivity index (χ1v) is 10.4. The maximum atomic E-state index is 12.1. The summed E-state index contributed by atoms with van der Waals surface area (Å²) in [5, 5.41) is 3.07. The number of amides is 1. The fourth-order valence-electron chi connectivity index (χ4n) is 2.80. The second-order valence-electron chi connectivity index (χ2n) is 6.85. The largest absolute Gasteiger partial charge is 0.353 e. The first kappa shape index (κ1) is 19.4. The van der Waals surface area contributed by atoms with Gasteiger partial charge in [-0.25, -0.2) is 12.7 Å². The minimum Gasteiger partial charge on any atom is -0.353 e. The van der Waals surface area contributed by atoms with Gasteiger partial charge < -0.3 is 5.32 Å². The van der Waals surface area contributed by atoms with E-state index >= 15 is 0 Å². The number of sulfonamides is 1. The third-order valence-corrected chi connectivity index (χ3v) is 5.54. The molecule has 1 rings (SSSR count). The maximum absolute atomic E-state index is 12.1. The molecule has 0 bridgehead atoms. The van der Waals surface area contributed by atoms with Gasteiger partial charge in [-0.1, -0.05) is 39.5 Å². The van der Waals surface area contributed by atoms with Crippen LogP contribution in [0.5, 0.6) is 0 Å². The number of nitrogens with zero attached hydrogens (tertiary/aromatic N) is 1. The standard InChI is InChI=1S/C16H32N2O3S/c1-14(2)10-12-18(22(3,20)21)13-11-16(19)17-15-8-6-4-5-7-9-15/h14-15H,4-13H2,1-3H3,(H,17,19). The Morgan fingerprint density at radius 1 is 1.14 bits per heavy atom. The van der Waals surface area contributed by atoms with Crippen molar-refractivity contribution in [3.05, 3.63) is 0 Å². The van der Waals surface area contributed by atoms with E-state index in [1.54, 1.807) is 0 Å². The Balaban J connectivity index is 2.40. The molecule has 0 aromatic carbocycles. The molecule has 5 nitrogen and oxygen atoms in total. The highest BCUT2D eigenvalue weighted by Crippen LogP contribution is 2.17. The summed E-state index contributed by atoms with van der Waals surface area (Å²) in [5.41, 5.74) is 0. The highest BCUT2D eigenvalue weighted by molar-refractivity contribution is 7.88. The molecule has 6 heteroatoms. The third kappa shape index (κ3) is 8.13. The van der Waals surface area contributed by atoms with Crippen molar-refractivity contribution in [2.45, 2.75) is 71.3 Å². The lowest BCUT2D eigenvalue weighted by molar-refractivity contribution is -0.122. The Hall–Kier alpha value is -0.620. The molecule has 1 fully saturated rings. The van der Waals surface area contributed by atoms with Gasteiger partial charge in [0.2, 0.25) is 15.9 Å².